The number of benzene rings is 1. The number of rotatable bonds is 6. The molecule has 0 radical (unpaired) electrons. The van der Waals surface area contributed by atoms with Gasteiger partial charge in [0.15, 0.2) is 0 Å². The maximum atomic E-state index is 11.1. The fourth-order valence-corrected chi connectivity index (χ4v) is 5.28. The number of hydrogen-bond donors (Lipinski definition) is 3. The van der Waals surface area contributed by atoms with Crippen molar-refractivity contribution < 1.29 is 17.7 Å². The van der Waals surface area contributed by atoms with Crippen molar-refractivity contribution in [2.45, 2.75) is 43.9 Å². The highest BCUT2D eigenvalue weighted by Gasteiger charge is 2.35. The Hall–Kier alpha value is -2.53. The molecule has 0 amide bonds. The van der Waals surface area contributed by atoms with E-state index in [9.17, 15) is 13.5 Å². The minimum Gasteiger partial charge on any atom is -0.393 e. The van der Waals surface area contributed by atoms with E-state index in [4.69, 9.17) is 9.32 Å². The molecule has 2 aliphatic rings. The van der Waals surface area contributed by atoms with Crippen LogP contribution in [-0.4, -0.2) is 40.8 Å². The largest absolute Gasteiger partial charge is 0.393 e. The molecule has 3 aromatic rings. The molecule has 0 spiro atoms. The lowest BCUT2D eigenvalue weighted by atomic mass is 10.1. The van der Waals surface area contributed by atoms with Crippen LogP contribution in [0.25, 0.3) is 11.0 Å². The van der Waals surface area contributed by atoms with E-state index in [-0.39, 0.29) is 24.6 Å². The van der Waals surface area contributed by atoms with Gasteiger partial charge in [-0.1, -0.05) is 24.3 Å². The number of aromatic nitrogens is 3. The maximum absolute atomic E-state index is 11.1. The topological polar surface area (TPSA) is 132 Å². The molecule has 4 atom stereocenters. The summed E-state index contributed by atoms with van der Waals surface area (Å²) in [6.07, 6.45) is 5.96. The van der Waals surface area contributed by atoms with Gasteiger partial charge in [-0.3, -0.25) is 4.18 Å². The smallest absolute Gasteiger partial charge is 0.333 e. The first-order valence-corrected chi connectivity index (χ1v) is 11.9. The number of aryl methyl sites for hydroxylation is 1. The Morgan fingerprint density at radius 3 is 2.90 bits per heavy atom. The van der Waals surface area contributed by atoms with Gasteiger partial charge in [-0.2, -0.15) is 8.42 Å². The fraction of sp³-hybridized carbons (Fsp3) is 0.429. The predicted molar refractivity (Wildman–Crippen MR) is 115 cm³/mol. The molecule has 0 saturated heterocycles. The van der Waals surface area contributed by atoms with Gasteiger partial charge in [0.25, 0.3) is 0 Å². The summed E-state index contributed by atoms with van der Waals surface area (Å²) >= 11 is 0. The van der Waals surface area contributed by atoms with Crippen LogP contribution in [0.1, 0.15) is 42.5 Å². The van der Waals surface area contributed by atoms with Crippen molar-refractivity contribution in [3.63, 3.8) is 0 Å². The van der Waals surface area contributed by atoms with Gasteiger partial charge in [0.1, 0.15) is 17.8 Å². The molecule has 1 fully saturated rings. The predicted octanol–water partition coefficient (Wildman–Crippen LogP) is 2.06. The van der Waals surface area contributed by atoms with Gasteiger partial charge in [-0.15, -0.1) is 0 Å². The molecule has 0 bridgehead atoms. The summed E-state index contributed by atoms with van der Waals surface area (Å²) in [6, 6.07) is 10.6. The number of aliphatic hydroxyl groups is 1. The number of anilines is 1. The second-order valence-corrected chi connectivity index (χ2v) is 9.57. The average molecular weight is 444 g/mol. The Labute approximate surface area is 180 Å². The Balaban J connectivity index is 1.37. The number of nitrogens with zero attached hydrogens (tertiary/aromatic N) is 3. The van der Waals surface area contributed by atoms with Crippen LogP contribution in [0, 0.1) is 5.92 Å². The van der Waals surface area contributed by atoms with Crippen molar-refractivity contribution in [1.82, 2.24) is 14.5 Å². The molecule has 4 N–H and O–H groups in total. The molecule has 164 valence electrons. The summed E-state index contributed by atoms with van der Waals surface area (Å²) in [6.45, 7) is -0.126. The SMILES string of the molecule is NS(=O)(=O)OC[C@@H]1C[C@H](n2ccc3c(N[C@H]4CCc5ccccc54)ncnc32)C[C@@H]1O. The molecule has 5 rings (SSSR count). The Kier molecular flexibility index (Phi) is 5.17. The number of aliphatic hydroxyl groups excluding tert-OH is 1. The van der Waals surface area contributed by atoms with E-state index in [0.717, 1.165) is 29.7 Å². The summed E-state index contributed by atoms with van der Waals surface area (Å²) in [4.78, 5) is 8.97. The van der Waals surface area contributed by atoms with Gasteiger partial charge < -0.3 is 15.0 Å². The van der Waals surface area contributed by atoms with Gasteiger partial charge in [0, 0.05) is 18.2 Å². The third-order valence-electron chi connectivity index (χ3n) is 6.43. The Morgan fingerprint density at radius 1 is 1.23 bits per heavy atom. The third kappa shape index (κ3) is 4.03. The van der Waals surface area contributed by atoms with Crippen molar-refractivity contribution in [3.8, 4) is 0 Å². The van der Waals surface area contributed by atoms with E-state index in [2.05, 4.69) is 39.6 Å². The number of fused-ring (bicyclic) bond motifs is 2. The third-order valence-corrected chi connectivity index (χ3v) is 6.89. The molecule has 10 heteroatoms. The first-order valence-electron chi connectivity index (χ1n) is 10.4. The zero-order valence-corrected chi connectivity index (χ0v) is 17.7. The monoisotopic (exact) mass is 443 g/mol. The molecular weight excluding hydrogens is 418 g/mol. The Morgan fingerprint density at radius 2 is 2.06 bits per heavy atom. The summed E-state index contributed by atoms with van der Waals surface area (Å²) in [7, 11) is -4.03. The fourth-order valence-electron chi connectivity index (χ4n) is 4.92. The van der Waals surface area contributed by atoms with Crippen LogP contribution < -0.4 is 10.5 Å². The van der Waals surface area contributed by atoms with Crippen LogP contribution >= 0.6 is 0 Å². The van der Waals surface area contributed by atoms with Gasteiger partial charge in [0.2, 0.25) is 0 Å². The van der Waals surface area contributed by atoms with Gasteiger partial charge in [-0.25, -0.2) is 15.1 Å². The van der Waals surface area contributed by atoms with E-state index in [1.807, 2.05) is 16.8 Å². The van der Waals surface area contributed by atoms with Crippen LogP contribution in [0.5, 0.6) is 0 Å². The van der Waals surface area contributed by atoms with Crippen LogP contribution in [0.3, 0.4) is 0 Å². The lowest BCUT2D eigenvalue weighted by Crippen LogP contribution is -2.24. The molecule has 0 unspecified atom stereocenters. The van der Waals surface area contributed by atoms with E-state index in [1.165, 1.54) is 11.1 Å². The first-order chi connectivity index (χ1) is 14.9. The zero-order valence-electron chi connectivity index (χ0n) is 16.9. The summed E-state index contributed by atoms with van der Waals surface area (Å²) in [5, 5.41) is 19.8. The molecule has 1 aromatic carbocycles. The highest BCUT2D eigenvalue weighted by molar-refractivity contribution is 7.84. The van der Waals surface area contributed by atoms with Crippen molar-refractivity contribution in [2.24, 2.45) is 11.1 Å². The minimum atomic E-state index is -4.03. The van der Waals surface area contributed by atoms with E-state index in [1.54, 1.807) is 6.33 Å². The normalized spacial score (nSPS) is 25.7. The minimum absolute atomic E-state index is 0.0171. The lowest BCUT2D eigenvalue weighted by Gasteiger charge is -2.16. The highest BCUT2D eigenvalue weighted by atomic mass is 32.2. The molecule has 2 heterocycles. The van der Waals surface area contributed by atoms with Crippen LogP contribution in [0.2, 0.25) is 0 Å². The van der Waals surface area contributed by atoms with Crippen molar-refractivity contribution in [1.29, 1.82) is 0 Å². The molecule has 31 heavy (non-hydrogen) atoms. The van der Waals surface area contributed by atoms with Crippen LogP contribution in [0.4, 0.5) is 5.82 Å². The first kappa shape index (κ1) is 20.4. The van der Waals surface area contributed by atoms with Gasteiger partial charge in [-0.05, 0) is 42.9 Å². The summed E-state index contributed by atoms with van der Waals surface area (Å²) in [5.74, 6) is 0.480. The molecule has 2 aliphatic carbocycles. The second-order valence-electron chi connectivity index (χ2n) is 8.35. The van der Waals surface area contributed by atoms with E-state index >= 15 is 0 Å². The summed E-state index contributed by atoms with van der Waals surface area (Å²) < 4.78 is 28.9. The van der Waals surface area contributed by atoms with Crippen LogP contribution in [0.15, 0.2) is 42.9 Å². The average Bonchev–Trinajstić information content (AvgIpc) is 3.43. The van der Waals surface area contributed by atoms with Crippen LogP contribution in [-0.2, 0) is 20.9 Å². The number of nitrogens with two attached hydrogens (primary N) is 1. The van der Waals surface area contributed by atoms with Crippen molar-refractivity contribution in [2.75, 3.05) is 11.9 Å². The van der Waals surface area contributed by atoms with E-state index in [0.29, 0.717) is 12.8 Å². The standard InChI is InChI=1S/C21H25N5O4S/c22-31(28,29)30-11-14-9-15(10-19(14)27)26-8-7-17-20(23-12-24-21(17)26)25-18-6-5-13-3-1-2-4-16(13)18/h1-4,7-8,12,14-15,18-19,27H,5-6,9-11H2,(H2,22,28,29)(H,23,24,25)/t14-,15-,18-,19-/m0/s1. The lowest BCUT2D eigenvalue weighted by molar-refractivity contribution is 0.100. The number of hydrogen-bond acceptors (Lipinski definition) is 7. The van der Waals surface area contributed by atoms with Gasteiger partial charge in [0.05, 0.1) is 24.1 Å². The van der Waals surface area contributed by atoms with Crippen molar-refractivity contribution in [3.05, 3.63) is 54.0 Å². The molecular formula is C21H25N5O4S. The zero-order chi connectivity index (χ0) is 21.6. The number of nitrogens with one attached hydrogen (secondary N) is 1. The second kappa shape index (κ2) is 7.86. The highest BCUT2D eigenvalue weighted by Crippen LogP contribution is 2.39. The summed E-state index contributed by atoms with van der Waals surface area (Å²) in [5.41, 5.74) is 3.47. The van der Waals surface area contributed by atoms with Crippen molar-refractivity contribution >= 4 is 27.2 Å². The Bertz CT molecular complexity index is 1210. The van der Waals surface area contributed by atoms with E-state index < -0.39 is 16.4 Å². The molecule has 2 aromatic heterocycles. The molecule has 9 nitrogen and oxygen atoms in total. The molecule has 1 saturated carbocycles. The molecule has 0 aliphatic heterocycles. The quantitative estimate of drug-likeness (QED) is 0.531. The van der Waals surface area contributed by atoms with Gasteiger partial charge >= 0.3 is 10.3 Å². The maximum Gasteiger partial charge on any atom is 0.333 e.